The van der Waals surface area contributed by atoms with Gasteiger partial charge in [-0.3, -0.25) is 15.1 Å². The average Bonchev–Trinajstić information content (AvgIpc) is 2.16. The standard InChI is InChI=1S/C9H7ClN2O2/c1-7-8(3-2-4-10)5-9(6-11-7)12(13)14/h5-6H,4H2,1H3. The third-order valence-electron chi connectivity index (χ3n) is 1.57. The maximum Gasteiger partial charge on any atom is 0.288 e. The van der Waals surface area contributed by atoms with E-state index in [2.05, 4.69) is 16.8 Å². The molecule has 0 unspecified atom stereocenters. The summed E-state index contributed by atoms with van der Waals surface area (Å²) in [6.45, 7) is 1.74. The molecule has 0 saturated heterocycles. The minimum atomic E-state index is -0.502. The molecule has 1 aromatic heterocycles. The third-order valence-corrected chi connectivity index (χ3v) is 1.71. The lowest BCUT2D eigenvalue weighted by Gasteiger charge is -1.96. The average molecular weight is 211 g/mol. The van der Waals surface area contributed by atoms with Gasteiger partial charge in [0.25, 0.3) is 5.69 Å². The van der Waals surface area contributed by atoms with Gasteiger partial charge in [-0.25, -0.2) is 0 Å². The molecule has 0 N–H and O–H groups in total. The minimum Gasteiger partial charge on any atom is -0.258 e. The Kier molecular flexibility index (Phi) is 3.43. The summed E-state index contributed by atoms with van der Waals surface area (Å²) in [5, 5.41) is 10.4. The largest absolute Gasteiger partial charge is 0.288 e. The SMILES string of the molecule is Cc1ncc([N+](=O)[O-])cc1C#CCCl. The van der Waals surface area contributed by atoms with Crippen LogP contribution in [0, 0.1) is 28.9 Å². The quantitative estimate of drug-likeness (QED) is 0.308. The highest BCUT2D eigenvalue weighted by atomic mass is 35.5. The van der Waals surface area contributed by atoms with E-state index >= 15 is 0 Å². The Morgan fingerprint density at radius 3 is 3.00 bits per heavy atom. The Balaban J connectivity index is 3.14. The van der Waals surface area contributed by atoms with Crippen molar-refractivity contribution >= 4 is 17.3 Å². The second-order valence-electron chi connectivity index (χ2n) is 2.52. The highest BCUT2D eigenvalue weighted by Crippen LogP contribution is 2.13. The van der Waals surface area contributed by atoms with Crippen LogP contribution in [-0.4, -0.2) is 15.8 Å². The van der Waals surface area contributed by atoms with Gasteiger partial charge in [0.1, 0.15) is 6.20 Å². The normalized spacial score (nSPS) is 9.00. The summed E-state index contributed by atoms with van der Waals surface area (Å²) in [5.41, 5.74) is 1.14. The van der Waals surface area contributed by atoms with Crippen molar-refractivity contribution in [3.63, 3.8) is 0 Å². The first-order valence-electron chi connectivity index (χ1n) is 3.81. The summed E-state index contributed by atoms with van der Waals surface area (Å²) in [6, 6.07) is 1.39. The summed E-state index contributed by atoms with van der Waals surface area (Å²) in [4.78, 5) is 13.8. The van der Waals surface area contributed by atoms with Crippen molar-refractivity contribution < 1.29 is 4.92 Å². The summed E-state index contributed by atoms with van der Waals surface area (Å²) in [6.07, 6.45) is 1.21. The lowest BCUT2D eigenvalue weighted by Crippen LogP contribution is -1.93. The molecule has 0 saturated carbocycles. The van der Waals surface area contributed by atoms with Gasteiger partial charge in [0.2, 0.25) is 0 Å². The molecule has 1 rings (SSSR count). The van der Waals surface area contributed by atoms with E-state index in [1.54, 1.807) is 6.92 Å². The van der Waals surface area contributed by atoms with Gasteiger partial charge in [0.15, 0.2) is 0 Å². The summed E-state index contributed by atoms with van der Waals surface area (Å²) in [5.74, 6) is 5.53. The number of nitro groups is 1. The number of halogens is 1. The van der Waals surface area contributed by atoms with Crippen molar-refractivity contribution in [1.29, 1.82) is 0 Å². The van der Waals surface area contributed by atoms with Crippen LogP contribution in [0.5, 0.6) is 0 Å². The molecule has 14 heavy (non-hydrogen) atoms. The molecule has 0 fully saturated rings. The number of hydrogen-bond donors (Lipinski definition) is 0. The highest BCUT2D eigenvalue weighted by molar-refractivity contribution is 6.19. The molecule has 0 aliphatic carbocycles. The van der Waals surface area contributed by atoms with Gasteiger partial charge in [0.05, 0.1) is 22.1 Å². The maximum atomic E-state index is 10.4. The van der Waals surface area contributed by atoms with Gasteiger partial charge in [-0.1, -0.05) is 11.8 Å². The first kappa shape index (κ1) is 10.5. The summed E-state index contributed by atoms with van der Waals surface area (Å²) in [7, 11) is 0. The molecule has 1 aromatic rings. The number of hydrogen-bond acceptors (Lipinski definition) is 3. The van der Waals surface area contributed by atoms with Crippen molar-refractivity contribution in [3.8, 4) is 11.8 Å². The topological polar surface area (TPSA) is 56.0 Å². The van der Waals surface area contributed by atoms with Gasteiger partial charge in [-0.15, -0.1) is 11.6 Å². The number of aryl methyl sites for hydroxylation is 1. The van der Waals surface area contributed by atoms with Gasteiger partial charge in [-0.2, -0.15) is 0 Å². The van der Waals surface area contributed by atoms with E-state index in [-0.39, 0.29) is 11.6 Å². The van der Waals surface area contributed by atoms with Crippen LogP contribution < -0.4 is 0 Å². The van der Waals surface area contributed by atoms with E-state index in [4.69, 9.17) is 11.6 Å². The molecule has 0 radical (unpaired) electrons. The lowest BCUT2D eigenvalue weighted by molar-refractivity contribution is -0.385. The van der Waals surface area contributed by atoms with Crippen LogP contribution in [0.25, 0.3) is 0 Å². The minimum absolute atomic E-state index is 0.0607. The fourth-order valence-electron chi connectivity index (χ4n) is 0.877. The number of alkyl halides is 1. The number of pyridine rings is 1. The zero-order chi connectivity index (χ0) is 10.6. The molecular weight excluding hydrogens is 204 g/mol. The Hall–Kier alpha value is -1.60. The second kappa shape index (κ2) is 4.58. The van der Waals surface area contributed by atoms with Crippen molar-refractivity contribution in [2.24, 2.45) is 0 Å². The van der Waals surface area contributed by atoms with E-state index in [0.717, 1.165) is 0 Å². The lowest BCUT2D eigenvalue weighted by atomic mass is 10.2. The van der Waals surface area contributed by atoms with E-state index in [1.165, 1.54) is 12.3 Å². The van der Waals surface area contributed by atoms with Gasteiger partial charge in [0, 0.05) is 6.07 Å². The van der Waals surface area contributed by atoms with Gasteiger partial charge in [-0.05, 0) is 6.92 Å². The molecule has 0 aliphatic heterocycles. The molecular formula is C9H7ClN2O2. The molecule has 5 heteroatoms. The van der Waals surface area contributed by atoms with Gasteiger partial charge >= 0.3 is 0 Å². The molecule has 0 aliphatic rings. The predicted octanol–water partition coefficient (Wildman–Crippen LogP) is 1.89. The van der Waals surface area contributed by atoms with Crippen molar-refractivity contribution in [2.75, 3.05) is 5.88 Å². The number of rotatable bonds is 1. The van der Waals surface area contributed by atoms with E-state index < -0.39 is 4.92 Å². The van der Waals surface area contributed by atoms with Crippen molar-refractivity contribution in [2.45, 2.75) is 6.92 Å². The van der Waals surface area contributed by atoms with Crippen LogP contribution in [0.3, 0.4) is 0 Å². The zero-order valence-corrected chi connectivity index (χ0v) is 8.21. The Morgan fingerprint density at radius 1 is 1.71 bits per heavy atom. The highest BCUT2D eigenvalue weighted by Gasteiger charge is 2.07. The maximum absolute atomic E-state index is 10.4. The first-order valence-corrected chi connectivity index (χ1v) is 4.34. The first-order chi connectivity index (χ1) is 6.65. The Morgan fingerprint density at radius 2 is 2.43 bits per heavy atom. The van der Waals surface area contributed by atoms with Crippen LogP contribution in [0.15, 0.2) is 12.3 Å². The smallest absolute Gasteiger partial charge is 0.258 e. The van der Waals surface area contributed by atoms with Crippen molar-refractivity contribution in [1.82, 2.24) is 4.98 Å². The number of nitrogens with zero attached hydrogens (tertiary/aromatic N) is 2. The van der Waals surface area contributed by atoms with E-state index in [1.807, 2.05) is 0 Å². The van der Waals surface area contributed by atoms with Crippen LogP contribution in [0.1, 0.15) is 11.3 Å². The monoisotopic (exact) mass is 210 g/mol. The molecule has 0 amide bonds. The second-order valence-corrected chi connectivity index (χ2v) is 2.79. The summed E-state index contributed by atoms with van der Waals surface area (Å²) >= 11 is 5.38. The fourth-order valence-corrected chi connectivity index (χ4v) is 0.944. The van der Waals surface area contributed by atoms with E-state index in [9.17, 15) is 10.1 Å². The fraction of sp³-hybridized carbons (Fsp3) is 0.222. The molecule has 0 bridgehead atoms. The molecule has 4 nitrogen and oxygen atoms in total. The molecule has 0 aromatic carbocycles. The van der Waals surface area contributed by atoms with E-state index in [0.29, 0.717) is 11.3 Å². The Bertz CT molecular complexity index is 421. The van der Waals surface area contributed by atoms with Gasteiger partial charge < -0.3 is 0 Å². The molecule has 0 atom stereocenters. The molecule has 1 heterocycles. The van der Waals surface area contributed by atoms with Crippen LogP contribution >= 0.6 is 11.6 Å². The predicted molar refractivity (Wildman–Crippen MR) is 53.2 cm³/mol. The van der Waals surface area contributed by atoms with Crippen molar-refractivity contribution in [3.05, 3.63) is 33.6 Å². The van der Waals surface area contributed by atoms with Crippen LogP contribution in [-0.2, 0) is 0 Å². The zero-order valence-electron chi connectivity index (χ0n) is 7.45. The Labute approximate surface area is 86.1 Å². The van der Waals surface area contributed by atoms with Crippen LogP contribution in [0.4, 0.5) is 5.69 Å². The molecule has 72 valence electrons. The third kappa shape index (κ3) is 2.44. The number of aromatic nitrogens is 1. The summed E-state index contributed by atoms with van der Waals surface area (Å²) < 4.78 is 0. The molecule has 0 spiro atoms. The van der Waals surface area contributed by atoms with Crippen LogP contribution in [0.2, 0.25) is 0 Å².